The van der Waals surface area contributed by atoms with Crippen molar-refractivity contribution in [1.82, 2.24) is 4.90 Å². The maximum Gasteiger partial charge on any atom is 0.223 e. The number of nitrogens with zero attached hydrogens (tertiary/aromatic N) is 1. The SMILES string of the molecule is CCN1C(=O)CC[C-]=C1c1c(F)cc(OCSC)cc1F.[Y]. The summed E-state index contributed by atoms with van der Waals surface area (Å²) in [6.07, 6.45) is 5.42. The minimum Gasteiger partial charge on any atom is -0.483 e. The Labute approximate surface area is 158 Å². The van der Waals surface area contributed by atoms with Gasteiger partial charge in [0.1, 0.15) is 11.7 Å². The van der Waals surface area contributed by atoms with E-state index in [1.807, 2.05) is 6.26 Å². The van der Waals surface area contributed by atoms with Crippen LogP contribution in [0.3, 0.4) is 0 Å². The predicted molar refractivity (Wildman–Crippen MR) is 78.6 cm³/mol. The number of carbonyl (C=O) groups is 1. The van der Waals surface area contributed by atoms with Crippen LogP contribution in [0, 0.1) is 17.7 Å². The molecule has 0 aliphatic carbocycles. The second-order valence-corrected chi connectivity index (χ2v) is 5.29. The Hall–Kier alpha value is -0.456. The van der Waals surface area contributed by atoms with Crippen molar-refractivity contribution < 1.29 is 51.0 Å². The summed E-state index contributed by atoms with van der Waals surface area (Å²) in [6.45, 7) is 2.11. The molecule has 22 heavy (non-hydrogen) atoms. The van der Waals surface area contributed by atoms with Gasteiger partial charge in [-0.15, -0.1) is 23.9 Å². The molecule has 0 spiro atoms. The molecule has 0 atom stereocenters. The Balaban J connectivity index is 0.00000242. The first-order chi connectivity index (χ1) is 10.1. The molecule has 0 saturated carbocycles. The summed E-state index contributed by atoms with van der Waals surface area (Å²) < 4.78 is 33.7. The van der Waals surface area contributed by atoms with Crippen molar-refractivity contribution >= 4 is 23.4 Å². The molecule has 0 aromatic heterocycles. The van der Waals surface area contributed by atoms with Crippen molar-refractivity contribution in [3.05, 3.63) is 35.4 Å². The van der Waals surface area contributed by atoms with Gasteiger partial charge in [0.2, 0.25) is 5.91 Å². The van der Waals surface area contributed by atoms with E-state index in [9.17, 15) is 13.6 Å². The molecular weight excluding hydrogens is 385 g/mol. The number of carbonyl (C=O) groups excluding carboxylic acids is 1. The maximum absolute atomic E-state index is 14.2. The summed E-state index contributed by atoms with van der Waals surface area (Å²) in [5.41, 5.74) is -0.0402. The van der Waals surface area contributed by atoms with Crippen molar-refractivity contribution in [2.24, 2.45) is 0 Å². The first-order valence-corrected chi connectivity index (χ1v) is 8.00. The molecule has 0 bridgehead atoms. The number of hydrogen-bond donors (Lipinski definition) is 0. The van der Waals surface area contributed by atoms with E-state index in [0.717, 1.165) is 12.1 Å². The standard InChI is InChI=1S/C15H16F2NO2S.Y/c1-3-18-13(5-4-6-14(18)19)15-11(16)7-10(8-12(15)17)20-9-21-2;/h7-8H,3-4,6,9H2,1-2H3;/q-1;. The average molecular weight is 401 g/mol. The Morgan fingerprint density at radius 2 is 2.00 bits per heavy atom. The molecule has 1 radical (unpaired) electrons. The summed E-state index contributed by atoms with van der Waals surface area (Å²) in [5, 5.41) is 0. The first kappa shape index (κ1) is 19.6. The Morgan fingerprint density at radius 3 is 2.55 bits per heavy atom. The van der Waals surface area contributed by atoms with E-state index in [-0.39, 0.29) is 55.6 Å². The Morgan fingerprint density at radius 1 is 1.36 bits per heavy atom. The third-order valence-corrected chi connectivity index (χ3v) is 3.47. The zero-order chi connectivity index (χ0) is 15.4. The van der Waals surface area contributed by atoms with E-state index in [2.05, 4.69) is 6.08 Å². The predicted octanol–water partition coefficient (Wildman–Crippen LogP) is 3.45. The molecule has 0 saturated heterocycles. The van der Waals surface area contributed by atoms with E-state index in [4.69, 9.17) is 4.74 Å². The Bertz CT molecular complexity index is 558. The van der Waals surface area contributed by atoms with Gasteiger partial charge in [0.15, 0.2) is 0 Å². The number of halogens is 2. The number of amides is 1. The third kappa shape index (κ3) is 4.30. The zero-order valence-electron chi connectivity index (χ0n) is 12.5. The number of ether oxygens (including phenoxy) is 1. The van der Waals surface area contributed by atoms with Crippen LogP contribution in [0.2, 0.25) is 0 Å². The van der Waals surface area contributed by atoms with Crippen LogP contribution in [-0.4, -0.2) is 29.5 Å². The van der Waals surface area contributed by atoms with Crippen LogP contribution >= 0.6 is 11.8 Å². The molecule has 3 nitrogen and oxygen atoms in total. The molecule has 1 aliphatic rings. The number of rotatable bonds is 5. The first-order valence-electron chi connectivity index (χ1n) is 6.60. The van der Waals surface area contributed by atoms with Gasteiger partial charge >= 0.3 is 0 Å². The molecule has 0 N–H and O–H groups in total. The third-order valence-electron chi connectivity index (χ3n) is 3.11. The second-order valence-electron chi connectivity index (χ2n) is 4.48. The molecule has 1 heterocycles. The van der Waals surface area contributed by atoms with Gasteiger partial charge < -0.3 is 9.64 Å². The molecule has 117 valence electrons. The summed E-state index contributed by atoms with van der Waals surface area (Å²) in [7, 11) is 0. The van der Waals surface area contributed by atoms with Crippen LogP contribution in [-0.2, 0) is 37.5 Å². The van der Waals surface area contributed by atoms with Gasteiger partial charge in [0, 0.05) is 45.7 Å². The van der Waals surface area contributed by atoms with Crippen molar-refractivity contribution in [3.63, 3.8) is 0 Å². The van der Waals surface area contributed by atoms with Gasteiger partial charge in [0.25, 0.3) is 0 Å². The fourth-order valence-corrected chi connectivity index (χ4v) is 2.44. The number of hydrogen-bond acceptors (Lipinski definition) is 3. The second kappa shape index (κ2) is 8.99. The van der Waals surface area contributed by atoms with E-state index < -0.39 is 11.6 Å². The quantitative estimate of drug-likeness (QED) is 0.559. The van der Waals surface area contributed by atoms with Crippen LogP contribution in [0.15, 0.2) is 12.1 Å². The minimum atomic E-state index is -0.748. The molecule has 0 fully saturated rings. The van der Waals surface area contributed by atoms with Gasteiger partial charge in [-0.2, -0.15) is 0 Å². The van der Waals surface area contributed by atoms with Crippen molar-refractivity contribution in [3.8, 4) is 5.75 Å². The normalized spacial score (nSPS) is 14.5. The van der Waals surface area contributed by atoms with Gasteiger partial charge in [-0.3, -0.25) is 4.79 Å². The molecule has 7 heteroatoms. The van der Waals surface area contributed by atoms with Crippen molar-refractivity contribution in [1.29, 1.82) is 0 Å². The summed E-state index contributed by atoms with van der Waals surface area (Å²) in [4.78, 5) is 13.2. The molecule has 1 aliphatic heterocycles. The van der Waals surface area contributed by atoms with Crippen LogP contribution in [0.4, 0.5) is 8.78 Å². The van der Waals surface area contributed by atoms with E-state index in [0.29, 0.717) is 25.3 Å². The largest absolute Gasteiger partial charge is 0.483 e. The van der Waals surface area contributed by atoms with E-state index in [1.54, 1.807) is 6.92 Å². The van der Waals surface area contributed by atoms with Gasteiger partial charge in [-0.05, 0) is 25.3 Å². The average Bonchev–Trinajstić information content (AvgIpc) is 2.44. The van der Waals surface area contributed by atoms with E-state index in [1.165, 1.54) is 16.7 Å². The Kier molecular flexibility index (Phi) is 8.01. The monoisotopic (exact) mass is 401 g/mol. The van der Waals surface area contributed by atoms with Crippen LogP contribution < -0.4 is 4.74 Å². The summed E-state index contributed by atoms with van der Waals surface area (Å²) in [5.74, 6) is -1.20. The number of thioether (sulfide) groups is 1. The number of allylic oxidation sites excluding steroid dienone is 1. The molecule has 0 unspecified atom stereocenters. The van der Waals surface area contributed by atoms with Gasteiger partial charge in [-0.25, -0.2) is 14.9 Å². The molecule has 1 aromatic carbocycles. The topological polar surface area (TPSA) is 29.5 Å². The van der Waals surface area contributed by atoms with Crippen molar-refractivity contribution in [2.45, 2.75) is 19.8 Å². The summed E-state index contributed by atoms with van der Waals surface area (Å²) in [6, 6.07) is 2.27. The fourth-order valence-electron chi connectivity index (χ4n) is 2.19. The molecule has 1 amide bonds. The van der Waals surface area contributed by atoms with Crippen LogP contribution in [0.5, 0.6) is 5.75 Å². The molecule has 1 aromatic rings. The smallest absolute Gasteiger partial charge is 0.223 e. The zero-order valence-corrected chi connectivity index (χ0v) is 16.1. The van der Waals surface area contributed by atoms with Crippen molar-refractivity contribution in [2.75, 3.05) is 18.7 Å². The molecular formula is C15H16F2NO2SY-. The van der Waals surface area contributed by atoms with Crippen LogP contribution in [0.25, 0.3) is 5.70 Å². The van der Waals surface area contributed by atoms with E-state index >= 15 is 0 Å². The summed E-state index contributed by atoms with van der Waals surface area (Å²) >= 11 is 1.41. The van der Waals surface area contributed by atoms with Gasteiger partial charge in [0.05, 0.1) is 11.6 Å². The maximum atomic E-state index is 14.2. The fraction of sp³-hybridized carbons (Fsp3) is 0.400. The van der Waals surface area contributed by atoms with Gasteiger partial charge in [-0.1, -0.05) is 5.56 Å². The molecule has 2 rings (SSSR count). The number of benzene rings is 1. The van der Waals surface area contributed by atoms with Crippen LogP contribution in [0.1, 0.15) is 25.3 Å². The minimum absolute atomic E-state index is 0.